The molecule has 30 heteroatoms. The minimum absolute atomic E-state index is 0.0145. The van der Waals surface area contributed by atoms with Crippen molar-refractivity contribution in [1.29, 1.82) is 5.26 Å². The number of hydrogen-bond donors (Lipinski definition) is 6. The molecule has 0 saturated carbocycles. The Morgan fingerprint density at radius 2 is 1.53 bits per heavy atom. The summed E-state index contributed by atoms with van der Waals surface area (Å²) in [7, 11) is 0. The predicted molar refractivity (Wildman–Crippen MR) is 361 cm³/mol. The summed E-state index contributed by atoms with van der Waals surface area (Å²) in [4.78, 5) is 133. The Morgan fingerprint density at radius 1 is 0.863 bits per heavy atom. The van der Waals surface area contributed by atoms with Crippen LogP contribution in [0.25, 0.3) is 10.9 Å². The third-order valence-electron chi connectivity index (χ3n) is 16.7. The number of halogens is 2. The van der Waals surface area contributed by atoms with Crippen molar-refractivity contribution in [1.82, 2.24) is 55.7 Å². The number of benzene rings is 2. The summed E-state index contributed by atoms with van der Waals surface area (Å²) in [5.41, 5.74) is 0.294. The zero-order valence-corrected chi connectivity index (χ0v) is 57.2. The number of thioether (sulfide) groups is 1. The number of alkyl halides is 1. The second-order valence-electron chi connectivity index (χ2n) is 24.2. The van der Waals surface area contributed by atoms with E-state index in [4.69, 9.17) is 14.2 Å². The molecule has 6 rings (SSSR count). The molecule has 6 amide bonds. The molecule has 0 bridgehead atoms. The molecular formula is C65H91FIN13O14S. The molecule has 0 aliphatic carbocycles. The lowest BCUT2D eigenvalue weighted by Crippen LogP contribution is -2.52. The number of nitriles is 1. The maximum atomic E-state index is 14.6. The quantitative estimate of drug-likeness (QED) is 0.0162. The van der Waals surface area contributed by atoms with Crippen LogP contribution in [0, 0.1) is 20.8 Å². The molecule has 1 aromatic heterocycles. The number of aliphatic carboxylic acids is 1. The second-order valence-corrected chi connectivity index (χ2v) is 26.6. The van der Waals surface area contributed by atoms with Gasteiger partial charge in [0, 0.05) is 118 Å². The van der Waals surface area contributed by atoms with Gasteiger partial charge in [-0.05, 0) is 142 Å². The number of carbonyl (C=O) groups is 9. The Hall–Kier alpha value is -7.15. The number of fused-ring (bicyclic) bond motifs is 1. The topological polar surface area (TPSA) is 338 Å². The van der Waals surface area contributed by atoms with Gasteiger partial charge in [0.2, 0.25) is 23.6 Å². The minimum Gasteiger partial charge on any atom is -0.494 e. The number of aliphatic hydroxyl groups excluding tert-OH is 1. The number of aromatic nitrogens is 1. The summed E-state index contributed by atoms with van der Waals surface area (Å²) >= 11 is 3.56. The van der Waals surface area contributed by atoms with Gasteiger partial charge in [0.1, 0.15) is 43.1 Å². The van der Waals surface area contributed by atoms with Crippen molar-refractivity contribution >= 4 is 105 Å². The Balaban J connectivity index is 0.944. The van der Waals surface area contributed by atoms with Crippen LogP contribution >= 0.6 is 34.4 Å². The molecule has 4 atom stereocenters. The van der Waals surface area contributed by atoms with Crippen LogP contribution in [0.3, 0.4) is 0 Å². The average molecular weight is 1460 g/mol. The fraction of sp³-hybridized carbons (Fsp3) is 0.600. The number of likely N-dealkylation sites (tertiary alicyclic amines) is 2. The van der Waals surface area contributed by atoms with E-state index in [0.29, 0.717) is 138 Å². The molecule has 3 aliphatic rings. The van der Waals surface area contributed by atoms with E-state index in [2.05, 4.69) is 66.0 Å². The maximum absolute atomic E-state index is 14.6. The third-order valence-corrected chi connectivity index (χ3v) is 18.5. The molecule has 2 aromatic carbocycles. The predicted octanol–water partition coefficient (Wildman–Crippen LogP) is 2.81. The number of carboxylic acid groups (broad SMARTS) is 1. The Bertz CT molecular complexity index is 3090. The molecule has 0 spiro atoms. The summed E-state index contributed by atoms with van der Waals surface area (Å²) in [5.74, 6) is -1.68. The molecule has 4 heterocycles. The number of unbranched alkanes of at least 4 members (excludes halogenated alkanes) is 1. The first-order valence-electron chi connectivity index (χ1n) is 32.3. The molecule has 3 aliphatic heterocycles. The Labute approximate surface area is 572 Å². The highest BCUT2D eigenvalue weighted by atomic mass is 127. The highest BCUT2D eigenvalue weighted by molar-refractivity contribution is 14.1. The second kappa shape index (κ2) is 41.1. The van der Waals surface area contributed by atoms with Crippen LogP contribution in [-0.2, 0) is 54.3 Å². The number of aliphatic hydroxyl groups is 1. The Morgan fingerprint density at radius 3 is 2.18 bits per heavy atom. The van der Waals surface area contributed by atoms with Gasteiger partial charge in [0.05, 0.1) is 55.8 Å². The number of carboxylic acids is 1. The normalized spacial score (nSPS) is 18.9. The highest BCUT2D eigenvalue weighted by Crippen LogP contribution is 2.30. The van der Waals surface area contributed by atoms with Crippen LogP contribution in [-0.4, -0.2) is 265 Å². The van der Waals surface area contributed by atoms with E-state index >= 15 is 0 Å². The molecule has 95 heavy (non-hydrogen) atoms. The number of hydrogen-bond acceptors (Lipinski definition) is 21. The minimum atomic E-state index is -1.68. The number of carbonyl (C=O) groups excluding carboxylic acids is 8. The van der Waals surface area contributed by atoms with Crippen LogP contribution in [0.15, 0.2) is 59.7 Å². The largest absolute Gasteiger partial charge is 0.494 e. The van der Waals surface area contributed by atoms with Crippen LogP contribution < -0.4 is 26.0 Å². The van der Waals surface area contributed by atoms with Gasteiger partial charge in [-0.1, -0.05) is 12.1 Å². The number of piperidine rings is 1. The molecule has 27 nitrogen and oxygen atoms in total. The van der Waals surface area contributed by atoms with Crippen molar-refractivity contribution < 1.29 is 72.0 Å². The number of ether oxygens (including phenoxy) is 3. The van der Waals surface area contributed by atoms with Crippen molar-refractivity contribution in [2.24, 2.45) is 10.9 Å². The lowest BCUT2D eigenvalue weighted by molar-refractivity contribution is -0.140. The number of aryl methyl sites for hydroxylation is 1. The van der Waals surface area contributed by atoms with E-state index in [1.807, 2.05) is 32.9 Å². The van der Waals surface area contributed by atoms with E-state index < -0.39 is 60.0 Å². The monoisotopic (exact) mass is 1460 g/mol. The maximum Gasteiger partial charge on any atom is 0.317 e. The average Bonchev–Trinajstić information content (AvgIpc) is 1.75. The first-order valence-corrected chi connectivity index (χ1v) is 34.5. The molecule has 3 fully saturated rings. The van der Waals surface area contributed by atoms with E-state index in [1.54, 1.807) is 34.9 Å². The number of rotatable bonds is 35. The van der Waals surface area contributed by atoms with Crippen LogP contribution in [0.4, 0.5) is 4.39 Å². The van der Waals surface area contributed by atoms with E-state index in [-0.39, 0.29) is 88.7 Å². The number of pyridine rings is 1. The summed E-state index contributed by atoms with van der Waals surface area (Å²) in [6.07, 6.45) is 6.31. The first-order chi connectivity index (χ1) is 45.7. The van der Waals surface area contributed by atoms with Gasteiger partial charge < -0.3 is 55.5 Å². The standard InChI is InChI=1S/C65H91FIN13O14S/c1-47(73-58(84)10-5-7-48-11-13-50(67)14-12-48)69-20-4-3-9-56(74-59(85)39-75-25-26-76(40-61(87)88)28-30-78(44-93-46-82)32-31-77(29-27-75)43-92-45-81)63(90)71-22-34-95-41-57(83)64(91)79-23-18-49(19-24-79)8-6-33-94-52-15-16-55-54(35-52)53(17-21-70-55)62(89)72-38-60(86)80-42-65(2,66)36-51(80)37-68/h11-17,21,35,45-46,49,51,56-57,83H,3-10,18-20,22-34,36,38-44H2,1-2H3,(H,71,90)(H,72,89)(H,74,85)(H,87,88)(H,69,73,84)/t51-,56?,57-,65?/m1/s1. The molecule has 520 valence electrons. The first kappa shape index (κ1) is 76.9. The smallest absolute Gasteiger partial charge is 0.317 e. The number of nitrogens with zero attached hydrogens (tertiary/aromatic N) is 9. The van der Waals surface area contributed by atoms with Crippen molar-refractivity contribution in [3.63, 3.8) is 0 Å². The zero-order chi connectivity index (χ0) is 68.5. The molecular weight excluding hydrogens is 1360 g/mol. The lowest BCUT2D eigenvalue weighted by Gasteiger charge is -2.33. The number of aliphatic imine (C=N–C) groups is 1. The summed E-state index contributed by atoms with van der Waals surface area (Å²) in [5, 5.41) is 41.9. The van der Waals surface area contributed by atoms with Crippen LogP contribution in [0.2, 0.25) is 0 Å². The molecule has 6 N–H and O–H groups in total. The van der Waals surface area contributed by atoms with Gasteiger partial charge in [-0.3, -0.25) is 72.7 Å². The van der Waals surface area contributed by atoms with E-state index in [0.717, 1.165) is 46.1 Å². The van der Waals surface area contributed by atoms with Crippen molar-refractivity contribution in [3.8, 4) is 11.8 Å². The third kappa shape index (κ3) is 27.8. The van der Waals surface area contributed by atoms with Gasteiger partial charge in [-0.25, -0.2) is 4.39 Å². The zero-order valence-electron chi connectivity index (χ0n) is 54.3. The van der Waals surface area contributed by atoms with Gasteiger partial charge >= 0.3 is 5.97 Å². The summed E-state index contributed by atoms with van der Waals surface area (Å²) < 4.78 is 31.9. The summed E-state index contributed by atoms with van der Waals surface area (Å²) in [6.45, 7) is 7.26. The van der Waals surface area contributed by atoms with Gasteiger partial charge in [-0.15, -0.1) is 0 Å². The number of amides is 6. The SMILES string of the molecule is C/C(=N\CCCCC(NC(=O)CN1CCN(COC=O)CCN(COC=O)CCN(CC(=O)O)CC1)C(=O)NCCSC[C@@H](O)C(=O)N1CCC(CCCOc2ccc3nccc(C(=O)NCC(=O)N4CC(C)(F)C[C@@H]4C#N)c3c2)CC1)NC(=O)CCCc1ccc(I)cc1. The number of amidine groups is 1. The Kier molecular flexibility index (Phi) is 33.2. The van der Waals surface area contributed by atoms with Gasteiger partial charge in [0.15, 0.2) is 0 Å². The van der Waals surface area contributed by atoms with Crippen molar-refractivity contribution in [2.75, 3.05) is 136 Å². The van der Waals surface area contributed by atoms with Gasteiger partial charge in [-0.2, -0.15) is 17.0 Å². The van der Waals surface area contributed by atoms with Crippen molar-refractivity contribution in [3.05, 3.63) is 69.4 Å². The molecule has 2 unspecified atom stereocenters. The van der Waals surface area contributed by atoms with E-state index in [1.165, 1.54) is 30.9 Å². The fourth-order valence-electron chi connectivity index (χ4n) is 11.5. The van der Waals surface area contributed by atoms with E-state index in [9.17, 15) is 63.0 Å². The summed E-state index contributed by atoms with van der Waals surface area (Å²) in [6, 6.07) is 15.0. The van der Waals surface area contributed by atoms with Crippen LogP contribution in [0.5, 0.6) is 5.75 Å². The van der Waals surface area contributed by atoms with Crippen molar-refractivity contribution in [2.45, 2.75) is 108 Å². The highest BCUT2D eigenvalue weighted by Gasteiger charge is 2.43. The molecule has 0 radical (unpaired) electrons. The fourth-order valence-corrected chi connectivity index (χ4v) is 12.6. The molecule has 3 saturated heterocycles. The van der Waals surface area contributed by atoms with Gasteiger partial charge in [0.25, 0.3) is 24.8 Å². The lowest BCUT2D eigenvalue weighted by atomic mass is 9.92. The number of nitrogens with one attached hydrogen (secondary N) is 4. The van der Waals surface area contributed by atoms with Crippen LogP contribution in [0.1, 0.15) is 94.0 Å². The molecule has 3 aromatic rings.